The predicted octanol–water partition coefficient (Wildman–Crippen LogP) is 2.51. The van der Waals surface area contributed by atoms with Gasteiger partial charge in [0, 0.05) is 6.42 Å². The molecular formula is C12H16N4OS. The topological polar surface area (TPSA) is 78.7 Å². The van der Waals surface area contributed by atoms with Gasteiger partial charge in [-0.15, -0.1) is 10.2 Å². The number of carbonyl (C=O) groups excluding carboxylic acids is 1. The molecular weight excluding hydrogens is 248 g/mol. The molecule has 96 valence electrons. The Morgan fingerprint density at radius 1 is 1.50 bits per heavy atom. The van der Waals surface area contributed by atoms with E-state index in [2.05, 4.69) is 28.5 Å². The van der Waals surface area contributed by atoms with Crippen molar-refractivity contribution < 1.29 is 4.79 Å². The molecule has 5 nitrogen and oxygen atoms in total. The number of hydrogen-bond acceptors (Lipinski definition) is 5. The second kappa shape index (κ2) is 5.44. The van der Waals surface area contributed by atoms with Crippen molar-refractivity contribution >= 4 is 22.4 Å². The Balaban J connectivity index is 2.04. The normalized spacial score (nSPS) is 17.3. The number of amides is 1. The summed E-state index contributed by atoms with van der Waals surface area (Å²) in [6, 6.07) is 2.17. The molecule has 6 heteroatoms. The van der Waals surface area contributed by atoms with Gasteiger partial charge in [0.25, 0.3) is 0 Å². The summed E-state index contributed by atoms with van der Waals surface area (Å²) in [6.07, 6.45) is 5.06. The summed E-state index contributed by atoms with van der Waals surface area (Å²) < 4.78 is 0. The molecule has 2 rings (SSSR count). The van der Waals surface area contributed by atoms with Crippen molar-refractivity contribution in [3.05, 3.63) is 5.01 Å². The van der Waals surface area contributed by atoms with Crippen LogP contribution < -0.4 is 5.32 Å². The Labute approximate surface area is 110 Å². The fourth-order valence-electron chi connectivity index (χ4n) is 2.20. The van der Waals surface area contributed by atoms with Gasteiger partial charge in [0.2, 0.25) is 11.0 Å². The van der Waals surface area contributed by atoms with E-state index in [0.717, 1.165) is 30.7 Å². The average Bonchev–Trinajstić information content (AvgIpc) is 2.99. The van der Waals surface area contributed by atoms with Crippen molar-refractivity contribution in [3.63, 3.8) is 0 Å². The molecule has 0 saturated heterocycles. The molecule has 0 atom stereocenters. The van der Waals surface area contributed by atoms with Crippen molar-refractivity contribution in [2.24, 2.45) is 5.41 Å². The number of nitrogens with zero attached hydrogens (tertiary/aromatic N) is 3. The number of aromatic nitrogens is 2. The highest BCUT2D eigenvalue weighted by Gasteiger charge is 2.41. The van der Waals surface area contributed by atoms with Crippen LogP contribution in [0.1, 0.15) is 44.0 Å². The number of nitriles is 1. The van der Waals surface area contributed by atoms with Gasteiger partial charge in [0.1, 0.15) is 10.4 Å². The van der Waals surface area contributed by atoms with Crippen molar-refractivity contribution in [1.82, 2.24) is 10.2 Å². The lowest BCUT2D eigenvalue weighted by Gasteiger charge is -2.17. The van der Waals surface area contributed by atoms with E-state index in [1.807, 2.05) is 0 Å². The quantitative estimate of drug-likeness (QED) is 0.906. The molecule has 0 aliphatic heterocycles. The summed E-state index contributed by atoms with van der Waals surface area (Å²) in [7, 11) is 0. The molecule has 1 fully saturated rings. The molecule has 1 aromatic heterocycles. The summed E-state index contributed by atoms with van der Waals surface area (Å²) in [6.45, 7) is 2.07. The molecule has 0 bridgehead atoms. The first-order chi connectivity index (χ1) is 8.70. The van der Waals surface area contributed by atoms with Crippen molar-refractivity contribution in [2.45, 2.75) is 45.4 Å². The number of rotatable bonds is 4. The molecule has 1 heterocycles. The van der Waals surface area contributed by atoms with Gasteiger partial charge in [-0.1, -0.05) is 31.1 Å². The minimum Gasteiger partial charge on any atom is -0.299 e. The minimum absolute atomic E-state index is 0.221. The third-order valence-electron chi connectivity index (χ3n) is 3.26. The Bertz CT molecular complexity index is 471. The van der Waals surface area contributed by atoms with Crippen LogP contribution in [0.25, 0.3) is 0 Å². The Morgan fingerprint density at radius 3 is 2.83 bits per heavy atom. The van der Waals surface area contributed by atoms with Gasteiger partial charge in [0.15, 0.2) is 0 Å². The van der Waals surface area contributed by atoms with E-state index in [0.29, 0.717) is 18.0 Å². The number of anilines is 1. The van der Waals surface area contributed by atoms with Crippen LogP contribution in [0.4, 0.5) is 5.13 Å². The molecule has 0 radical (unpaired) electrons. The van der Waals surface area contributed by atoms with Crippen molar-refractivity contribution in [3.8, 4) is 6.07 Å². The molecule has 1 amide bonds. The van der Waals surface area contributed by atoms with Gasteiger partial charge < -0.3 is 0 Å². The van der Waals surface area contributed by atoms with Crippen LogP contribution in [-0.2, 0) is 11.2 Å². The van der Waals surface area contributed by atoms with Gasteiger partial charge >= 0.3 is 0 Å². The summed E-state index contributed by atoms with van der Waals surface area (Å²) in [5, 5.41) is 21.3. The summed E-state index contributed by atoms with van der Waals surface area (Å²) in [5.41, 5.74) is -0.851. The molecule has 18 heavy (non-hydrogen) atoms. The van der Waals surface area contributed by atoms with Gasteiger partial charge in [-0.3, -0.25) is 10.1 Å². The summed E-state index contributed by atoms with van der Waals surface area (Å²) in [5.74, 6) is -0.221. The highest BCUT2D eigenvalue weighted by atomic mass is 32.1. The first kappa shape index (κ1) is 13.0. The van der Waals surface area contributed by atoms with E-state index >= 15 is 0 Å². The third-order valence-corrected chi connectivity index (χ3v) is 4.16. The lowest BCUT2D eigenvalue weighted by atomic mass is 9.87. The number of nitrogens with one attached hydrogen (secondary N) is 1. The van der Waals surface area contributed by atoms with Gasteiger partial charge in [-0.05, 0) is 19.3 Å². The second-order valence-corrected chi connectivity index (χ2v) is 5.67. The molecule has 1 aliphatic carbocycles. The van der Waals surface area contributed by atoms with Crippen LogP contribution in [0.15, 0.2) is 0 Å². The van der Waals surface area contributed by atoms with Crippen LogP contribution in [-0.4, -0.2) is 16.1 Å². The summed E-state index contributed by atoms with van der Waals surface area (Å²) in [4.78, 5) is 12.1. The maximum absolute atomic E-state index is 12.1. The van der Waals surface area contributed by atoms with E-state index in [9.17, 15) is 10.1 Å². The van der Waals surface area contributed by atoms with Crippen LogP contribution >= 0.6 is 11.3 Å². The maximum Gasteiger partial charge on any atom is 0.246 e. The Kier molecular flexibility index (Phi) is 3.92. The smallest absolute Gasteiger partial charge is 0.246 e. The molecule has 0 aromatic carbocycles. The predicted molar refractivity (Wildman–Crippen MR) is 69.0 cm³/mol. The zero-order chi connectivity index (χ0) is 13.0. The van der Waals surface area contributed by atoms with Crippen LogP contribution in [0.5, 0.6) is 0 Å². The average molecular weight is 264 g/mol. The summed E-state index contributed by atoms with van der Waals surface area (Å²) >= 11 is 1.39. The molecule has 0 unspecified atom stereocenters. The highest BCUT2D eigenvalue weighted by molar-refractivity contribution is 7.15. The van der Waals surface area contributed by atoms with E-state index in [1.165, 1.54) is 11.3 Å². The largest absolute Gasteiger partial charge is 0.299 e. The fourth-order valence-corrected chi connectivity index (χ4v) is 3.04. The molecule has 1 aliphatic rings. The molecule has 0 spiro atoms. The lowest BCUT2D eigenvalue weighted by Crippen LogP contribution is -2.32. The molecule has 1 N–H and O–H groups in total. The monoisotopic (exact) mass is 264 g/mol. The maximum atomic E-state index is 12.1. The number of carbonyl (C=O) groups is 1. The van der Waals surface area contributed by atoms with E-state index in [1.54, 1.807) is 0 Å². The van der Waals surface area contributed by atoms with E-state index < -0.39 is 5.41 Å². The van der Waals surface area contributed by atoms with Gasteiger partial charge in [0.05, 0.1) is 6.07 Å². The first-order valence-corrected chi connectivity index (χ1v) is 7.07. The lowest BCUT2D eigenvalue weighted by molar-refractivity contribution is -0.122. The van der Waals surface area contributed by atoms with Crippen LogP contribution in [0.3, 0.4) is 0 Å². The van der Waals surface area contributed by atoms with Gasteiger partial charge in [-0.2, -0.15) is 5.26 Å². The van der Waals surface area contributed by atoms with Crippen LogP contribution in [0.2, 0.25) is 0 Å². The number of aryl methyl sites for hydroxylation is 1. The minimum atomic E-state index is -0.851. The fraction of sp³-hybridized carbons (Fsp3) is 0.667. The van der Waals surface area contributed by atoms with Gasteiger partial charge in [-0.25, -0.2) is 0 Å². The van der Waals surface area contributed by atoms with Crippen molar-refractivity contribution in [2.75, 3.05) is 5.32 Å². The zero-order valence-corrected chi connectivity index (χ0v) is 11.2. The standard InChI is InChI=1S/C12H16N4OS/c1-2-5-9-15-16-11(18-9)14-10(17)12(8-13)6-3-4-7-12/h2-7H2,1H3,(H,14,16,17). The Hall–Kier alpha value is -1.48. The highest BCUT2D eigenvalue weighted by Crippen LogP contribution is 2.38. The first-order valence-electron chi connectivity index (χ1n) is 6.25. The van der Waals surface area contributed by atoms with E-state index in [4.69, 9.17) is 0 Å². The zero-order valence-electron chi connectivity index (χ0n) is 10.4. The number of hydrogen-bond donors (Lipinski definition) is 1. The molecule has 1 saturated carbocycles. The third kappa shape index (κ3) is 2.51. The second-order valence-electron chi connectivity index (χ2n) is 4.61. The van der Waals surface area contributed by atoms with Crippen LogP contribution in [0, 0.1) is 16.7 Å². The SMILES string of the molecule is CCCc1nnc(NC(=O)C2(C#N)CCCC2)s1. The Morgan fingerprint density at radius 2 is 2.22 bits per heavy atom. The molecule has 1 aromatic rings. The van der Waals surface area contributed by atoms with E-state index in [-0.39, 0.29) is 5.91 Å². The van der Waals surface area contributed by atoms with Crippen molar-refractivity contribution in [1.29, 1.82) is 5.26 Å².